The maximum atomic E-state index is 12.8. The van der Waals surface area contributed by atoms with Gasteiger partial charge in [0, 0.05) is 23.5 Å². The first-order chi connectivity index (χ1) is 14.1. The van der Waals surface area contributed by atoms with Gasteiger partial charge in [0.1, 0.15) is 0 Å². The van der Waals surface area contributed by atoms with Crippen LogP contribution in [0.1, 0.15) is 18.2 Å². The zero-order valence-electron chi connectivity index (χ0n) is 16.8. The third-order valence-corrected chi connectivity index (χ3v) is 4.97. The van der Waals surface area contributed by atoms with Crippen molar-refractivity contribution in [3.63, 3.8) is 0 Å². The average Bonchev–Trinajstić information content (AvgIpc) is 3.12. The lowest BCUT2D eigenvalue weighted by atomic mass is 10.0. The standard InChI is InChI=1S/C22H22N4O3/c1-5-15-20(14-8-9-17(28-3)18(11-14)29-4)22-24-16(12-19(27)26(22)25-15)21-13(2)7-6-10-23-21/h6-12,25H,5H2,1-4H3. The molecule has 0 unspecified atom stereocenters. The van der Waals surface area contributed by atoms with Crippen molar-refractivity contribution in [2.24, 2.45) is 0 Å². The van der Waals surface area contributed by atoms with Gasteiger partial charge in [-0.15, -0.1) is 0 Å². The normalized spacial score (nSPS) is 11.0. The molecule has 4 rings (SSSR count). The highest BCUT2D eigenvalue weighted by Gasteiger charge is 2.19. The molecule has 0 atom stereocenters. The Morgan fingerprint density at radius 3 is 2.59 bits per heavy atom. The molecule has 0 saturated carbocycles. The summed E-state index contributed by atoms with van der Waals surface area (Å²) in [5.41, 5.74) is 5.25. The van der Waals surface area contributed by atoms with Gasteiger partial charge in [-0.1, -0.05) is 19.1 Å². The van der Waals surface area contributed by atoms with Crippen molar-refractivity contribution in [2.75, 3.05) is 14.2 Å². The maximum absolute atomic E-state index is 12.8. The van der Waals surface area contributed by atoms with Crippen LogP contribution in [-0.4, -0.2) is 33.8 Å². The number of rotatable bonds is 5. The molecule has 1 aromatic carbocycles. The van der Waals surface area contributed by atoms with Crippen molar-refractivity contribution in [3.05, 3.63) is 64.2 Å². The molecule has 0 bridgehead atoms. The molecule has 3 heterocycles. The molecule has 0 fully saturated rings. The van der Waals surface area contributed by atoms with E-state index in [4.69, 9.17) is 14.5 Å². The average molecular weight is 390 g/mol. The van der Waals surface area contributed by atoms with E-state index >= 15 is 0 Å². The van der Waals surface area contributed by atoms with Crippen molar-refractivity contribution in [1.29, 1.82) is 0 Å². The van der Waals surface area contributed by atoms with E-state index in [0.29, 0.717) is 35.0 Å². The number of aromatic nitrogens is 4. The number of nitrogens with zero attached hydrogens (tertiary/aromatic N) is 3. The van der Waals surface area contributed by atoms with Gasteiger partial charge in [-0.3, -0.25) is 14.9 Å². The number of hydrogen-bond acceptors (Lipinski definition) is 5. The van der Waals surface area contributed by atoms with Crippen molar-refractivity contribution < 1.29 is 9.47 Å². The van der Waals surface area contributed by atoms with Crippen LogP contribution in [0, 0.1) is 6.92 Å². The summed E-state index contributed by atoms with van der Waals surface area (Å²) in [5, 5.41) is 3.19. The molecular weight excluding hydrogens is 368 g/mol. The van der Waals surface area contributed by atoms with Gasteiger partial charge in [0.15, 0.2) is 17.1 Å². The molecule has 0 saturated heterocycles. The number of H-pyrrole nitrogens is 1. The van der Waals surface area contributed by atoms with Crippen molar-refractivity contribution >= 4 is 5.65 Å². The second-order valence-electron chi connectivity index (χ2n) is 6.70. The molecular formula is C22H22N4O3. The summed E-state index contributed by atoms with van der Waals surface area (Å²) in [6, 6.07) is 11.0. The second kappa shape index (κ2) is 7.43. The SMILES string of the molecule is CCc1[nH]n2c(=O)cc(-c3ncccc3C)nc2c1-c1ccc(OC)c(OC)c1. The second-order valence-corrected chi connectivity index (χ2v) is 6.70. The fraction of sp³-hybridized carbons (Fsp3) is 0.227. The third kappa shape index (κ3) is 3.14. The van der Waals surface area contributed by atoms with E-state index < -0.39 is 0 Å². The summed E-state index contributed by atoms with van der Waals surface area (Å²) in [4.78, 5) is 22.1. The highest BCUT2D eigenvalue weighted by atomic mass is 16.5. The minimum atomic E-state index is -0.184. The summed E-state index contributed by atoms with van der Waals surface area (Å²) in [6.45, 7) is 3.99. The number of nitrogens with one attached hydrogen (secondary N) is 1. The van der Waals surface area contributed by atoms with Crippen LogP contribution in [0.4, 0.5) is 0 Å². The number of aryl methyl sites for hydroxylation is 2. The predicted molar refractivity (Wildman–Crippen MR) is 112 cm³/mol. The Labute approximate surface area is 168 Å². The zero-order valence-corrected chi connectivity index (χ0v) is 16.8. The van der Waals surface area contributed by atoms with Crippen LogP contribution in [0.15, 0.2) is 47.4 Å². The first-order valence-corrected chi connectivity index (χ1v) is 9.36. The smallest absolute Gasteiger partial charge is 0.273 e. The number of hydrogen-bond donors (Lipinski definition) is 1. The van der Waals surface area contributed by atoms with Gasteiger partial charge in [-0.05, 0) is 42.7 Å². The fourth-order valence-electron chi connectivity index (χ4n) is 3.51. The van der Waals surface area contributed by atoms with Gasteiger partial charge in [0.05, 0.1) is 25.6 Å². The minimum absolute atomic E-state index is 0.184. The van der Waals surface area contributed by atoms with Crippen LogP contribution in [-0.2, 0) is 6.42 Å². The quantitative estimate of drug-likeness (QED) is 0.563. The Morgan fingerprint density at radius 1 is 1.10 bits per heavy atom. The fourth-order valence-corrected chi connectivity index (χ4v) is 3.51. The lowest BCUT2D eigenvalue weighted by Gasteiger charge is -2.10. The van der Waals surface area contributed by atoms with E-state index in [-0.39, 0.29) is 5.56 Å². The van der Waals surface area contributed by atoms with E-state index in [0.717, 1.165) is 22.4 Å². The molecule has 0 aliphatic rings. The molecule has 1 N–H and O–H groups in total. The molecule has 148 valence electrons. The predicted octanol–water partition coefficient (Wildman–Crippen LogP) is 3.64. The Bertz CT molecular complexity index is 1260. The number of aromatic amines is 1. The number of fused-ring (bicyclic) bond motifs is 1. The number of methoxy groups -OCH3 is 2. The van der Waals surface area contributed by atoms with E-state index in [1.165, 1.54) is 10.6 Å². The molecule has 4 aromatic rings. The van der Waals surface area contributed by atoms with Gasteiger partial charge in [-0.25, -0.2) is 9.50 Å². The lowest BCUT2D eigenvalue weighted by molar-refractivity contribution is 0.355. The van der Waals surface area contributed by atoms with Gasteiger partial charge < -0.3 is 9.47 Å². The summed E-state index contributed by atoms with van der Waals surface area (Å²) in [6.07, 6.45) is 2.42. The van der Waals surface area contributed by atoms with E-state index in [2.05, 4.69) is 10.1 Å². The highest BCUT2D eigenvalue weighted by Crippen LogP contribution is 2.35. The summed E-state index contributed by atoms with van der Waals surface area (Å²) in [5.74, 6) is 1.26. The molecule has 0 radical (unpaired) electrons. The Hall–Kier alpha value is -3.61. The molecule has 0 aliphatic heterocycles. The first-order valence-electron chi connectivity index (χ1n) is 9.36. The van der Waals surface area contributed by atoms with E-state index in [1.807, 2.05) is 44.2 Å². The van der Waals surface area contributed by atoms with E-state index in [9.17, 15) is 4.79 Å². The van der Waals surface area contributed by atoms with Gasteiger partial charge in [0.2, 0.25) is 0 Å². The largest absolute Gasteiger partial charge is 0.493 e. The Morgan fingerprint density at radius 2 is 1.90 bits per heavy atom. The van der Waals surface area contributed by atoms with Crippen LogP contribution in [0.2, 0.25) is 0 Å². The molecule has 29 heavy (non-hydrogen) atoms. The summed E-state index contributed by atoms with van der Waals surface area (Å²) >= 11 is 0. The summed E-state index contributed by atoms with van der Waals surface area (Å²) in [7, 11) is 3.20. The molecule has 0 spiro atoms. The van der Waals surface area contributed by atoms with Crippen molar-refractivity contribution in [1.82, 2.24) is 19.6 Å². The number of ether oxygens (including phenoxy) is 2. The van der Waals surface area contributed by atoms with Crippen LogP contribution in [0.25, 0.3) is 28.2 Å². The Kier molecular flexibility index (Phi) is 4.80. The first kappa shape index (κ1) is 18.7. The highest BCUT2D eigenvalue weighted by molar-refractivity contribution is 5.82. The topological polar surface area (TPSA) is 81.5 Å². The third-order valence-electron chi connectivity index (χ3n) is 4.97. The molecule has 7 nitrogen and oxygen atoms in total. The van der Waals surface area contributed by atoms with Gasteiger partial charge in [-0.2, -0.15) is 0 Å². The van der Waals surface area contributed by atoms with E-state index in [1.54, 1.807) is 20.4 Å². The van der Waals surface area contributed by atoms with Crippen LogP contribution < -0.4 is 15.0 Å². The number of pyridine rings is 1. The molecule has 0 aliphatic carbocycles. The monoisotopic (exact) mass is 390 g/mol. The maximum Gasteiger partial charge on any atom is 0.273 e. The van der Waals surface area contributed by atoms with Crippen LogP contribution in [0.3, 0.4) is 0 Å². The lowest BCUT2D eigenvalue weighted by Crippen LogP contribution is -2.15. The summed E-state index contributed by atoms with van der Waals surface area (Å²) < 4.78 is 12.3. The minimum Gasteiger partial charge on any atom is -0.493 e. The number of benzene rings is 1. The van der Waals surface area contributed by atoms with Crippen LogP contribution >= 0.6 is 0 Å². The van der Waals surface area contributed by atoms with Crippen molar-refractivity contribution in [3.8, 4) is 34.0 Å². The molecule has 0 amide bonds. The van der Waals surface area contributed by atoms with Gasteiger partial charge >= 0.3 is 0 Å². The van der Waals surface area contributed by atoms with Crippen LogP contribution in [0.5, 0.6) is 11.5 Å². The van der Waals surface area contributed by atoms with Crippen molar-refractivity contribution in [2.45, 2.75) is 20.3 Å². The zero-order chi connectivity index (χ0) is 20.5. The molecule has 3 aromatic heterocycles. The van der Waals surface area contributed by atoms with Gasteiger partial charge in [0.25, 0.3) is 5.56 Å². The molecule has 7 heteroatoms. The Balaban J connectivity index is 2.01.